The number of ether oxygens (including phenoxy) is 1. The summed E-state index contributed by atoms with van der Waals surface area (Å²) in [7, 11) is -1.39. The van der Waals surface area contributed by atoms with Crippen LogP contribution < -0.4 is 15.1 Å². The number of methoxy groups -OCH3 is 1. The van der Waals surface area contributed by atoms with Crippen LogP contribution in [0.15, 0.2) is 36.7 Å². The van der Waals surface area contributed by atoms with E-state index in [4.69, 9.17) is 14.7 Å². The first kappa shape index (κ1) is 28.5. The van der Waals surface area contributed by atoms with E-state index in [1.165, 1.54) is 5.56 Å². The molecule has 0 bridgehead atoms. The van der Waals surface area contributed by atoms with Crippen LogP contribution in [0.4, 0.5) is 23.3 Å². The van der Waals surface area contributed by atoms with Crippen LogP contribution >= 0.6 is 0 Å². The number of aliphatic hydroxyl groups excluding tert-OH is 1. The van der Waals surface area contributed by atoms with Crippen LogP contribution in [-0.4, -0.2) is 85.0 Å². The van der Waals surface area contributed by atoms with E-state index in [0.29, 0.717) is 43.0 Å². The molecule has 4 heterocycles. The van der Waals surface area contributed by atoms with Gasteiger partial charge in [0.15, 0.2) is 0 Å². The number of rotatable bonds is 9. The van der Waals surface area contributed by atoms with Gasteiger partial charge >= 0.3 is 0 Å². The molecule has 2 N–H and O–H groups in total. The number of fused-ring (bicyclic) bond motifs is 1. The van der Waals surface area contributed by atoms with Gasteiger partial charge < -0.3 is 25.0 Å². The lowest BCUT2D eigenvalue weighted by Crippen LogP contribution is -2.57. The first-order valence-corrected chi connectivity index (χ1v) is 15.9. The monoisotopic (exact) mass is 568 g/mol. The van der Waals surface area contributed by atoms with Crippen LogP contribution in [-0.2, 0) is 14.6 Å². The minimum Gasteiger partial charge on any atom is -0.389 e. The van der Waals surface area contributed by atoms with E-state index in [9.17, 15) is 13.5 Å². The Kier molecular flexibility index (Phi) is 8.17. The van der Waals surface area contributed by atoms with Crippen molar-refractivity contribution in [1.29, 1.82) is 0 Å². The minimum atomic E-state index is -3.01. The maximum absolute atomic E-state index is 12.2. The number of hydrogen-bond acceptors (Lipinski definition) is 10. The van der Waals surface area contributed by atoms with Gasteiger partial charge in [-0.15, -0.1) is 0 Å². The van der Waals surface area contributed by atoms with Gasteiger partial charge in [-0.3, -0.25) is 0 Å². The van der Waals surface area contributed by atoms with Crippen LogP contribution in [0.1, 0.15) is 45.6 Å². The Labute approximate surface area is 236 Å². The molecule has 1 aromatic carbocycles. The molecular weight excluding hydrogens is 528 g/mol. The highest BCUT2D eigenvalue weighted by Gasteiger charge is 2.38. The molecule has 5 rings (SSSR count). The first-order valence-electron chi connectivity index (χ1n) is 14.1. The zero-order valence-corrected chi connectivity index (χ0v) is 24.7. The molecule has 2 unspecified atom stereocenters. The van der Waals surface area contributed by atoms with Crippen molar-refractivity contribution in [2.45, 2.75) is 58.3 Å². The van der Waals surface area contributed by atoms with Gasteiger partial charge in [-0.05, 0) is 48.4 Å². The second-order valence-electron chi connectivity index (χ2n) is 11.2. The van der Waals surface area contributed by atoms with Crippen LogP contribution in [0.3, 0.4) is 0 Å². The predicted molar refractivity (Wildman–Crippen MR) is 159 cm³/mol. The topological polar surface area (TPSA) is 121 Å². The highest BCUT2D eigenvalue weighted by atomic mass is 32.2. The maximum Gasteiger partial charge on any atom is 0.227 e. The highest BCUT2D eigenvalue weighted by Crippen LogP contribution is 2.39. The molecule has 2 aromatic heterocycles. The Balaban J connectivity index is 1.39. The quantitative estimate of drug-likeness (QED) is 0.395. The number of aliphatic hydroxyl groups is 1. The van der Waals surface area contributed by atoms with Crippen molar-refractivity contribution in [3.8, 4) is 0 Å². The fourth-order valence-corrected chi connectivity index (χ4v) is 7.05. The number of hydrogen-bond donors (Lipinski definition) is 2. The zero-order valence-electron chi connectivity index (χ0n) is 23.9. The van der Waals surface area contributed by atoms with Crippen molar-refractivity contribution in [2.75, 3.05) is 53.4 Å². The summed E-state index contributed by atoms with van der Waals surface area (Å²) in [6, 6.07) is 8.32. The average Bonchev–Trinajstić information content (AvgIpc) is 2.94. The lowest BCUT2D eigenvalue weighted by Gasteiger charge is -2.48. The van der Waals surface area contributed by atoms with Crippen LogP contribution in [0.2, 0.25) is 0 Å². The molecule has 216 valence electrons. The number of aromatic nitrogens is 3. The summed E-state index contributed by atoms with van der Waals surface area (Å²) in [4.78, 5) is 18.1. The molecule has 0 spiro atoms. The lowest BCUT2D eigenvalue weighted by molar-refractivity contribution is -0.0219. The van der Waals surface area contributed by atoms with E-state index >= 15 is 0 Å². The largest absolute Gasteiger partial charge is 0.389 e. The molecule has 0 radical (unpaired) electrons. The van der Waals surface area contributed by atoms with Gasteiger partial charge in [0.2, 0.25) is 5.95 Å². The molecule has 2 fully saturated rings. The molecular formula is C29H40N6O4S. The van der Waals surface area contributed by atoms with Crippen LogP contribution in [0.25, 0.3) is 10.8 Å². The standard InChI is InChI=1S/C29H40N6O4S/c1-6-40(37,38)17-20-15-35(19(20)4)24-8-7-21(18(2)3)22-13-28(31-14-23(22)24)32-27-9-11-30-29(33-27)34-12-10-26(39-5)25(36)16-34/h7-9,11,13-14,18-20,25-26,36H,6,10,12,15-17H2,1-5H3,(H,30,31,32,33)/t19-,20-,25?,26?/m1/s1. The van der Waals surface area contributed by atoms with E-state index in [1.54, 1.807) is 26.3 Å². The van der Waals surface area contributed by atoms with Gasteiger partial charge in [0, 0.05) is 67.9 Å². The maximum atomic E-state index is 12.2. The third-order valence-electron chi connectivity index (χ3n) is 8.36. The van der Waals surface area contributed by atoms with Crippen molar-refractivity contribution in [2.24, 2.45) is 5.92 Å². The van der Waals surface area contributed by atoms with E-state index < -0.39 is 15.9 Å². The van der Waals surface area contributed by atoms with Crippen molar-refractivity contribution < 1.29 is 18.3 Å². The second-order valence-corrected chi connectivity index (χ2v) is 13.6. The first-order chi connectivity index (χ1) is 19.1. The number of sulfone groups is 1. The molecule has 0 aliphatic carbocycles. The molecule has 2 saturated heterocycles. The molecule has 11 heteroatoms. The number of anilines is 4. The Morgan fingerprint density at radius 2 is 1.95 bits per heavy atom. The third-order valence-corrected chi connectivity index (χ3v) is 10.2. The zero-order chi connectivity index (χ0) is 28.6. The number of benzene rings is 1. The summed E-state index contributed by atoms with van der Waals surface area (Å²) < 4.78 is 29.8. The van der Waals surface area contributed by atoms with Gasteiger partial charge in [-0.25, -0.2) is 18.4 Å². The van der Waals surface area contributed by atoms with Gasteiger partial charge in [0.1, 0.15) is 21.5 Å². The van der Waals surface area contributed by atoms with E-state index in [0.717, 1.165) is 23.0 Å². The molecule has 2 aliphatic rings. The normalized spacial score (nSPS) is 23.5. The Morgan fingerprint density at radius 1 is 1.15 bits per heavy atom. The molecule has 0 amide bonds. The van der Waals surface area contributed by atoms with E-state index in [1.807, 2.05) is 11.1 Å². The Hall–Kier alpha value is -3.02. The summed E-state index contributed by atoms with van der Waals surface area (Å²) in [5.41, 5.74) is 2.30. The van der Waals surface area contributed by atoms with E-state index in [-0.39, 0.29) is 29.6 Å². The second kappa shape index (κ2) is 11.5. The number of nitrogens with zero attached hydrogens (tertiary/aromatic N) is 5. The third kappa shape index (κ3) is 5.73. The number of piperidine rings is 1. The van der Waals surface area contributed by atoms with Crippen molar-refractivity contribution >= 4 is 43.9 Å². The van der Waals surface area contributed by atoms with Gasteiger partial charge in [0.05, 0.1) is 18.0 Å². The highest BCUT2D eigenvalue weighted by molar-refractivity contribution is 7.91. The minimum absolute atomic E-state index is 0.132. The van der Waals surface area contributed by atoms with Gasteiger partial charge in [0.25, 0.3) is 0 Å². The molecule has 4 atom stereocenters. The van der Waals surface area contributed by atoms with Gasteiger partial charge in [-0.1, -0.05) is 26.8 Å². The Morgan fingerprint density at radius 3 is 2.62 bits per heavy atom. The lowest BCUT2D eigenvalue weighted by atomic mass is 9.88. The summed E-state index contributed by atoms with van der Waals surface area (Å²) in [6.45, 7) is 10.0. The molecule has 3 aromatic rings. The van der Waals surface area contributed by atoms with Gasteiger partial charge in [-0.2, -0.15) is 4.98 Å². The summed E-state index contributed by atoms with van der Waals surface area (Å²) in [6.07, 6.45) is 3.55. The van der Waals surface area contributed by atoms with Crippen molar-refractivity contribution in [3.63, 3.8) is 0 Å². The van der Waals surface area contributed by atoms with Crippen LogP contribution in [0.5, 0.6) is 0 Å². The van der Waals surface area contributed by atoms with Crippen molar-refractivity contribution in [1.82, 2.24) is 15.0 Å². The SMILES string of the molecule is CCS(=O)(=O)C[C@H]1CN(c2ccc(C(C)C)c3cc(Nc4ccnc(N5CCC(OC)C(O)C5)n4)ncc23)[C@@H]1C. The van der Waals surface area contributed by atoms with Crippen molar-refractivity contribution in [3.05, 3.63) is 42.2 Å². The predicted octanol–water partition coefficient (Wildman–Crippen LogP) is 3.74. The summed E-state index contributed by atoms with van der Waals surface area (Å²) >= 11 is 0. The molecule has 0 saturated carbocycles. The Bertz CT molecular complexity index is 1470. The molecule has 10 nitrogen and oxygen atoms in total. The number of pyridine rings is 1. The smallest absolute Gasteiger partial charge is 0.227 e. The average molecular weight is 569 g/mol. The van der Waals surface area contributed by atoms with E-state index in [2.05, 4.69) is 54.2 Å². The summed E-state index contributed by atoms with van der Waals surface area (Å²) in [5, 5.41) is 15.9. The fraction of sp³-hybridized carbons (Fsp3) is 0.552. The molecule has 2 aliphatic heterocycles. The summed E-state index contributed by atoms with van der Waals surface area (Å²) in [5.74, 6) is 2.72. The fourth-order valence-electron chi connectivity index (χ4n) is 5.78. The van der Waals surface area contributed by atoms with Crippen LogP contribution in [0, 0.1) is 5.92 Å². The number of nitrogens with one attached hydrogen (secondary N) is 1. The molecule has 40 heavy (non-hydrogen) atoms. The number of β-amino-alcohol motifs (C(OH)–C–C–N with tert-alkyl or cyclic N) is 1.